The van der Waals surface area contributed by atoms with Gasteiger partial charge in [0.05, 0.1) is 17.4 Å². The van der Waals surface area contributed by atoms with Gasteiger partial charge < -0.3 is 4.90 Å². The Hall–Kier alpha value is -2.55. The van der Waals surface area contributed by atoms with Gasteiger partial charge in [-0.05, 0) is 41.8 Å². The van der Waals surface area contributed by atoms with Crippen molar-refractivity contribution in [1.82, 2.24) is 14.7 Å². The van der Waals surface area contributed by atoms with Crippen molar-refractivity contribution < 1.29 is 13.2 Å². The van der Waals surface area contributed by atoms with Crippen molar-refractivity contribution in [3.63, 3.8) is 0 Å². The maximum absolute atomic E-state index is 13.1. The van der Waals surface area contributed by atoms with Gasteiger partial charge in [0.2, 0.25) is 5.91 Å². The van der Waals surface area contributed by atoms with Crippen molar-refractivity contribution in [3.05, 3.63) is 75.4 Å². The van der Waals surface area contributed by atoms with Crippen molar-refractivity contribution in [2.45, 2.75) is 30.8 Å². The molecule has 0 spiro atoms. The van der Waals surface area contributed by atoms with Gasteiger partial charge in [0, 0.05) is 35.9 Å². The van der Waals surface area contributed by atoms with Crippen molar-refractivity contribution in [2.24, 2.45) is 7.05 Å². The van der Waals surface area contributed by atoms with Crippen LogP contribution < -0.4 is 4.72 Å². The quantitative estimate of drug-likeness (QED) is 0.596. The lowest BCUT2D eigenvalue weighted by Gasteiger charge is -2.22. The molecule has 7 nitrogen and oxygen atoms in total. The zero-order chi connectivity index (χ0) is 22.3. The fourth-order valence-electron chi connectivity index (χ4n) is 3.79. The van der Waals surface area contributed by atoms with Crippen LogP contribution in [-0.4, -0.2) is 29.0 Å². The van der Waals surface area contributed by atoms with Crippen molar-refractivity contribution in [2.75, 3.05) is 4.72 Å². The molecule has 1 atom stereocenters. The molecule has 0 saturated carbocycles. The van der Waals surface area contributed by atoms with Gasteiger partial charge in [-0.15, -0.1) is 0 Å². The highest BCUT2D eigenvalue weighted by Gasteiger charge is 2.35. The number of nitrogens with zero attached hydrogens (tertiary/aromatic N) is 3. The number of carbonyl (C=O) groups excluding carboxylic acids is 1. The predicted molar refractivity (Wildman–Crippen MR) is 120 cm³/mol. The average molecular weight is 479 g/mol. The highest BCUT2D eigenvalue weighted by atomic mass is 35.5. The number of sulfonamides is 1. The second kappa shape index (κ2) is 8.18. The first kappa shape index (κ1) is 21.7. The number of benzene rings is 2. The van der Waals surface area contributed by atoms with Gasteiger partial charge in [0.15, 0.2) is 5.82 Å². The van der Waals surface area contributed by atoms with Crippen LogP contribution in [0.25, 0.3) is 0 Å². The molecule has 2 heterocycles. The summed E-state index contributed by atoms with van der Waals surface area (Å²) >= 11 is 12.4. The number of halogens is 2. The highest BCUT2D eigenvalue weighted by Crippen LogP contribution is 2.38. The minimum absolute atomic E-state index is 0.0328. The molecule has 31 heavy (non-hydrogen) atoms. The number of fused-ring (bicyclic) bond motifs is 1. The molecule has 0 radical (unpaired) electrons. The van der Waals surface area contributed by atoms with Gasteiger partial charge in [-0.25, -0.2) is 8.42 Å². The van der Waals surface area contributed by atoms with E-state index < -0.39 is 10.0 Å². The lowest BCUT2D eigenvalue weighted by Crippen LogP contribution is -2.30. The topological polar surface area (TPSA) is 84.3 Å². The molecule has 1 N–H and O–H groups in total. The molecular formula is C21H20Cl2N4O3S. The molecule has 0 bridgehead atoms. The van der Waals surface area contributed by atoms with Crippen molar-refractivity contribution >= 4 is 45.0 Å². The standard InChI is InChI=1S/C21H20Cl2N4O3S/c1-13-14-5-3-8-19(31(29,30)25-20-9-10-26(2)24-20)16(14)12-27(13)21(28)11-15-17(22)6-4-7-18(15)23/h3-10,13H,11-12H2,1-2H3,(H,24,25)/t13-/m0/s1. The number of hydrogen-bond donors (Lipinski definition) is 1. The van der Waals surface area contributed by atoms with Crippen LogP contribution in [0.5, 0.6) is 0 Å². The monoisotopic (exact) mass is 478 g/mol. The molecule has 0 saturated heterocycles. The first-order valence-corrected chi connectivity index (χ1v) is 11.8. The summed E-state index contributed by atoms with van der Waals surface area (Å²) in [5.41, 5.74) is 1.95. The Morgan fingerprint density at radius 3 is 2.48 bits per heavy atom. The third-order valence-corrected chi connectivity index (χ3v) is 7.52. The van der Waals surface area contributed by atoms with Gasteiger partial charge in [-0.1, -0.05) is 41.4 Å². The summed E-state index contributed by atoms with van der Waals surface area (Å²) in [6.07, 6.45) is 1.68. The number of nitrogens with one attached hydrogen (secondary N) is 1. The zero-order valence-corrected chi connectivity index (χ0v) is 19.2. The molecule has 0 fully saturated rings. The SMILES string of the molecule is C[C@H]1c2cccc(S(=O)(=O)Nc3ccn(C)n3)c2CN1C(=O)Cc1c(Cl)cccc1Cl. The van der Waals surface area contributed by atoms with Crippen LogP contribution in [0.1, 0.15) is 29.7 Å². The summed E-state index contributed by atoms with van der Waals surface area (Å²) < 4.78 is 30.1. The Morgan fingerprint density at radius 1 is 1.16 bits per heavy atom. The van der Waals surface area contributed by atoms with E-state index in [0.717, 1.165) is 5.56 Å². The molecule has 0 aliphatic carbocycles. The summed E-state index contributed by atoms with van der Waals surface area (Å²) in [7, 11) is -2.17. The summed E-state index contributed by atoms with van der Waals surface area (Å²) in [6, 6.07) is 11.4. The van der Waals surface area contributed by atoms with Crippen LogP contribution in [0.15, 0.2) is 53.6 Å². The Balaban J connectivity index is 1.62. The van der Waals surface area contributed by atoms with E-state index in [0.29, 0.717) is 21.2 Å². The normalized spacial score (nSPS) is 15.7. The number of aromatic nitrogens is 2. The first-order chi connectivity index (χ1) is 14.7. The third-order valence-electron chi connectivity index (χ3n) is 5.37. The van der Waals surface area contributed by atoms with E-state index in [1.54, 1.807) is 48.5 Å². The summed E-state index contributed by atoms with van der Waals surface area (Å²) in [4.78, 5) is 14.9. The van der Waals surface area contributed by atoms with Crippen LogP contribution in [-0.2, 0) is 34.8 Å². The maximum Gasteiger partial charge on any atom is 0.263 e. The predicted octanol–water partition coefficient (Wildman–Crippen LogP) is 4.17. The number of carbonyl (C=O) groups is 1. The van der Waals surface area contributed by atoms with Gasteiger partial charge in [-0.3, -0.25) is 14.2 Å². The van der Waals surface area contributed by atoms with Crippen LogP contribution in [0, 0.1) is 0 Å². The lowest BCUT2D eigenvalue weighted by molar-refractivity contribution is -0.132. The Labute approximate surface area is 190 Å². The van der Waals surface area contributed by atoms with Crippen LogP contribution >= 0.6 is 23.2 Å². The van der Waals surface area contributed by atoms with Crippen molar-refractivity contribution in [3.8, 4) is 0 Å². The number of amides is 1. The van der Waals surface area contributed by atoms with Crippen LogP contribution in [0.4, 0.5) is 5.82 Å². The molecule has 0 unspecified atom stereocenters. The highest BCUT2D eigenvalue weighted by molar-refractivity contribution is 7.92. The van der Waals surface area contributed by atoms with E-state index >= 15 is 0 Å². The van der Waals surface area contributed by atoms with E-state index in [1.165, 1.54) is 10.7 Å². The third kappa shape index (κ3) is 4.15. The number of hydrogen-bond acceptors (Lipinski definition) is 4. The average Bonchev–Trinajstić information content (AvgIpc) is 3.27. The van der Waals surface area contributed by atoms with Crippen LogP contribution in [0.3, 0.4) is 0 Å². The number of rotatable bonds is 5. The second-order valence-corrected chi connectivity index (χ2v) is 9.84. The lowest BCUT2D eigenvalue weighted by atomic mass is 10.1. The molecule has 162 valence electrons. The van der Waals surface area contributed by atoms with Gasteiger partial charge >= 0.3 is 0 Å². The van der Waals surface area contributed by atoms with Gasteiger partial charge in [0.25, 0.3) is 10.0 Å². The Bertz CT molecular complexity index is 1250. The molecule has 4 rings (SSSR count). The molecule has 1 aliphatic heterocycles. The summed E-state index contributed by atoms with van der Waals surface area (Å²) in [5.74, 6) is 0.0483. The first-order valence-electron chi connectivity index (χ1n) is 9.54. The minimum Gasteiger partial charge on any atom is -0.331 e. The molecule has 1 aliphatic rings. The maximum atomic E-state index is 13.1. The molecular weight excluding hydrogens is 459 g/mol. The second-order valence-electron chi connectivity index (χ2n) is 7.38. The summed E-state index contributed by atoms with van der Waals surface area (Å²) in [6.45, 7) is 2.05. The van der Waals surface area contributed by atoms with Gasteiger partial charge in [-0.2, -0.15) is 5.10 Å². The minimum atomic E-state index is -3.88. The number of aryl methyl sites for hydroxylation is 1. The smallest absolute Gasteiger partial charge is 0.263 e. The molecule has 1 amide bonds. The summed E-state index contributed by atoms with van der Waals surface area (Å²) in [5, 5.41) is 4.92. The van der Waals surface area contributed by atoms with Crippen LogP contribution in [0.2, 0.25) is 10.0 Å². The van der Waals surface area contributed by atoms with Crippen molar-refractivity contribution in [1.29, 1.82) is 0 Å². The largest absolute Gasteiger partial charge is 0.331 e. The Kier molecular flexibility index (Phi) is 5.72. The van der Waals surface area contributed by atoms with E-state index in [4.69, 9.17) is 23.2 Å². The van der Waals surface area contributed by atoms with E-state index in [2.05, 4.69) is 9.82 Å². The molecule has 1 aromatic heterocycles. The zero-order valence-electron chi connectivity index (χ0n) is 16.8. The van der Waals surface area contributed by atoms with E-state index in [-0.39, 0.29) is 35.6 Å². The fraction of sp³-hybridized carbons (Fsp3) is 0.238. The molecule has 2 aromatic carbocycles. The van der Waals surface area contributed by atoms with E-state index in [1.807, 2.05) is 13.0 Å². The Morgan fingerprint density at radius 2 is 1.84 bits per heavy atom. The molecule has 10 heteroatoms. The number of anilines is 1. The fourth-order valence-corrected chi connectivity index (χ4v) is 5.58. The van der Waals surface area contributed by atoms with E-state index in [9.17, 15) is 13.2 Å². The van der Waals surface area contributed by atoms with Gasteiger partial charge in [0.1, 0.15) is 0 Å². The molecule has 3 aromatic rings.